The highest BCUT2D eigenvalue weighted by Gasteiger charge is 2.24. The first-order valence-corrected chi connectivity index (χ1v) is 10.7. The van der Waals surface area contributed by atoms with Gasteiger partial charge in [0.15, 0.2) is 0 Å². The van der Waals surface area contributed by atoms with Gasteiger partial charge in [0.05, 0.1) is 5.39 Å². The normalized spacial score (nSPS) is 21.7. The van der Waals surface area contributed by atoms with Crippen LogP contribution in [0.3, 0.4) is 0 Å². The molecule has 0 bridgehead atoms. The Morgan fingerprint density at radius 1 is 1.20 bits per heavy atom. The molecule has 2 amide bonds. The fraction of sp³-hybridized carbons (Fsp3) is 0.409. The van der Waals surface area contributed by atoms with Crippen molar-refractivity contribution in [2.45, 2.75) is 31.2 Å². The summed E-state index contributed by atoms with van der Waals surface area (Å²) in [6, 6.07) is 10.3. The van der Waals surface area contributed by atoms with E-state index in [-0.39, 0.29) is 12.1 Å². The molecule has 0 saturated carbocycles. The van der Waals surface area contributed by atoms with Crippen LogP contribution in [0.5, 0.6) is 0 Å². The van der Waals surface area contributed by atoms with Crippen LogP contribution in [0.25, 0.3) is 11.0 Å². The summed E-state index contributed by atoms with van der Waals surface area (Å²) in [4.78, 5) is 26.7. The second-order valence-corrected chi connectivity index (χ2v) is 8.14. The SMILES string of the molecule is O=C(Nc1cccc(C2CCCN(c3ncnc4[nH]ccc34)C2)c1)NC1CCNC1. The molecule has 5 rings (SSSR count). The van der Waals surface area contributed by atoms with Crippen molar-refractivity contribution in [3.8, 4) is 0 Å². The summed E-state index contributed by atoms with van der Waals surface area (Å²) in [6.07, 6.45) is 6.74. The number of carbonyl (C=O) groups is 1. The van der Waals surface area contributed by atoms with Crippen LogP contribution in [-0.2, 0) is 0 Å². The summed E-state index contributed by atoms with van der Waals surface area (Å²) >= 11 is 0. The number of nitrogens with one attached hydrogen (secondary N) is 4. The van der Waals surface area contributed by atoms with Gasteiger partial charge in [-0.05, 0) is 49.6 Å². The fourth-order valence-electron chi connectivity index (χ4n) is 4.55. The van der Waals surface area contributed by atoms with Crippen LogP contribution < -0.4 is 20.9 Å². The van der Waals surface area contributed by atoms with Crippen LogP contribution in [0.15, 0.2) is 42.9 Å². The minimum absolute atomic E-state index is 0.137. The summed E-state index contributed by atoms with van der Waals surface area (Å²) in [5.41, 5.74) is 2.96. The van der Waals surface area contributed by atoms with E-state index in [2.05, 4.69) is 47.9 Å². The molecule has 2 aromatic heterocycles. The number of nitrogens with zero attached hydrogens (tertiary/aromatic N) is 3. The Kier molecular flexibility index (Phi) is 5.23. The first kappa shape index (κ1) is 18.9. The lowest BCUT2D eigenvalue weighted by Gasteiger charge is -2.34. The molecule has 30 heavy (non-hydrogen) atoms. The number of carbonyl (C=O) groups excluding carboxylic acids is 1. The van der Waals surface area contributed by atoms with Crippen molar-refractivity contribution >= 4 is 28.6 Å². The average Bonchev–Trinajstić information content (AvgIpc) is 3.45. The van der Waals surface area contributed by atoms with E-state index >= 15 is 0 Å². The van der Waals surface area contributed by atoms with Crippen molar-refractivity contribution < 1.29 is 4.79 Å². The highest BCUT2D eigenvalue weighted by Crippen LogP contribution is 2.32. The highest BCUT2D eigenvalue weighted by molar-refractivity contribution is 5.89. The van der Waals surface area contributed by atoms with E-state index in [1.807, 2.05) is 24.4 Å². The third kappa shape index (κ3) is 3.95. The molecule has 3 aromatic rings. The maximum absolute atomic E-state index is 12.3. The van der Waals surface area contributed by atoms with Gasteiger partial charge in [0.1, 0.15) is 17.8 Å². The molecule has 2 aliphatic rings. The van der Waals surface area contributed by atoms with Crippen molar-refractivity contribution in [1.29, 1.82) is 0 Å². The number of benzene rings is 1. The average molecular weight is 406 g/mol. The molecule has 0 spiro atoms. The Morgan fingerprint density at radius 2 is 2.17 bits per heavy atom. The van der Waals surface area contributed by atoms with Crippen LogP contribution in [0, 0.1) is 0 Å². The van der Waals surface area contributed by atoms with Gasteiger partial charge in [-0.15, -0.1) is 0 Å². The van der Waals surface area contributed by atoms with Crippen molar-refractivity contribution in [1.82, 2.24) is 25.6 Å². The molecule has 4 heterocycles. The lowest BCUT2D eigenvalue weighted by molar-refractivity contribution is 0.249. The summed E-state index contributed by atoms with van der Waals surface area (Å²) in [5.74, 6) is 1.39. The largest absolute Gasteiger partial charge is 0.355 e. The fourth-order valence-corrected chi connectivity index (χ4v) is 4.55. The Morgan fingerprint density at radius 3 is 3.07 bits per heavy atom. The number of amides is 2. The Labute approximate surface area is 175 Å². The summed E-state index contributed by atoms with van der Waals surface area (Å²) in [5, 5.41) is 10.4. The van der Waals surface area contributed by atoms with E-state index < -0.39 is 0 Å². The monoisotopic (exact) mass is 405 g/mol. The van der Waals surface area contributed by atoms with Crippen LogP contribution >= 0.6 is 0 Å². The molecule has 2 aliphatic heterocycles. The van der Waals surface area contributed by atoms with Gasteiger partial charge in [-0.1, -0.05) is 12.1 Å². The van der Waals surface area contributed by atoms with Gasteiger partial charge in [0, 0.05) is 43.5 Å². The molecule has 2 fully saturated rings. The van der Waals surface area contributed by atoms with E-state index in [0.29, 0.717) is 5.92 Å². The Hall–Kier alpha value is -3.13. The third-order valence-corrected chi connectivity index (χ3v) is 6.07. The molecule has 8 heteroatoms. The van der Waals surface area contributed by atoms with Crippen molar-refractivity contribution in [3.63, 3.8) is 0 Å². The molecule has 2 atom stereocenters. The van der Waals surface area contributed by atoms with E-state index in [4.69, 9.17) is 0 Å². The molecule has 0 aliphatic carbocycles. The van der Waals surface area contributed by atoms with Gasteiger partial charge >= 0.3 is 6.03 Å². The molecule has 1 aromatic carbocycles. The topological polar surface area (TPSA) is 98.0 Å². The number of anilines is 2. The zero-order valence-corrected chi connectivity index (χ0v) is 16.9. The van der Waals surface area contributed by atoms with Crippen LogP contribution in [0.2, 0.25) is 0 Å². The first-order valence-electron chi connectivity index (χ1n) is 10.7. The number of rotatable bonds is 4. The molecule has 0 radical (unpaired) electrons. The number of fused-ring (bicyclic) bond motifs is 1. The molecule has 2 saturated heterocycles. The second-order valence-electron chi connectivity index (χ2n) is 8.14. The van der Waals surface area contributed by atoms with Gasteiger partial charge in [-0.25, -0.2) is 14.8 Å². The molecule has 4 N–H and O–H groups in total. The molecular formula is C22H27N7O. The van der Waals surface area contributed by atoms with Crippen LogP contribution in [0.4, 0.5) is 16.3 Å². The number of aromatic amines is 1. The van der Waals surface area contributed by atoms with Gasteiger partial charge in [-0.2, -0.15) is 0 Å². The highest BCUT2D eigenvalue weighted by atomic mass is 16.2. The molecule has 2 unspecified atom stereocenters. The Bertz CT molecular complexity index is 1030. The number of hydrogen-bond acceptors (Lipinski definition) is 5. The summed E-state index contributed by atoms with van der Waals surface area (Å²) in [6.45, 7) is 3.69. The first-order chi connectivity index (χ1) is 14.8. The number of aromatic nitrogens is 3. The van der Waals surface area contributed by atoms with Crippen LogP contribution in [-0.4, -0.2) is 53.2 Å². The lowest BCUT2D eigenvalue weighted by atomic mass is 9.90. The summed E-state index contributed by atoms with van der Waals surface area (Å²) in [7, 11) is 0. The Balaban J connectivity index is 1.29. The molecule has 156 valence electrons. The maximum atomic E-state index is 12.3. The number of urea groups is 1. The van der Waals surface area contributed by atoms with E-state index in [1.54, 1.807) is 6.33 Å². The standard InChI is InChI=1S/C22H27N7O/c30-22(28-18-6-8-23-12-18)27-17-5-1-3-15(11-17)16-4-2-10-29(13-16)21-19-7-9-24-20(19)25-14-26-21/h1,3,5,7,9,11,14,16,18,23H,2,4,6,8,10,12-13H2,(H,24,25,26)(H2,27,28,30). The number of hydrogen-bond donors (Lipinski definition) is 4. The lowest BCUT2D eigenvalue weighted by Crippen LogP contribution is -2.39. The quantitative estimate of drug-likeness (QED) is 0.535. The predicted octanol–water partition coefficient (Wildman–Crippen LogP) is 2.83. The molecular weight excluding hydrogens is 378 g/mol. The van der Waals surface area contributed by atoms with Gasteiger partial charge in [0.2, 0.25) is 0 Å². The van der Waals surface area contributed by atoms with Gasteiger partial charge in [-0.3, -0.25) is 0 Å². The third-order valence-electron chi connectivity index (χ3n) is 6.07. The van der Waals surface area contributed by atoms with Crippen molar-refractivity contribution in [2.75, 3.05) is 36.4 Å². The van der Waals surface area contributed by atoms with E-state index in [1.165, 1.54) is 5.56 Å². The predicted molar refractivity (Wildman–Crippen MR) is 118 cm³/mol. The van der Waals surface area contributed by atoms with Crippen molar-refractivity contribution in [2.24, 2.45) is 0 Å². The van der Waals surface area contributed by atoms with Crippen LogP contribution in [0.1, 0.15) is 30.7 Å². The van der Waals surface area contributed by atoms with E-state index in [0.717, 1.165) is 68.0 Å². The van der Waals surface area contributed by atoms with Crippen molar-refractivity contribution in [3.05, 3.63) is 48.4 Å². The maximum Gasteiger partial charge on any atom is 0.319 e. The second kappa shape index (κ2) is 8.31. The molecule has 8 nitrogen and oxygen atoms in total. The minimum atomic E-state index is -0.137. The van der Waals surface area contributed by atoms with Gasteiger partial charge in [0.25, 0.3) is 0 Å². The zero-order chi connectivity index (χ0) is 20.3. The minimum Gasteiger partial charge on any atom is -0.355 e. The summed E-state index contributed by atoms with van der Waals surface area (Å²) < 4.78 is 0. The number of H-pyrrole nitrogens is 1. The number of piperidine rings is 1. The van der Waals surface area contributed by atoms with E-state index in [9.17, 15) is 4.79 Å². The smallest absolute Gasteiger partial charge is 0.319 e. The van der Waals surface area contributed by atoms with Gasteiger partial charge < -0.3 is 25.8 Å². The zero-order valence-electron chi connectivity index (χ0n) is 16.9.